The van der Waals surface area contributed by atoms with Crippen LogP contribution in [-0.4, -0.2) is 63.4 Å². The summed E-state index contributed by atoms with van der Waals surface area (Å²) >= 11 is 0. The highest BCUT2D eigenvalue weighted by Crippen LogP contribution is 2.33. The summed E-state index contributed by atoms with van der Waals surface area (Å²) in [4.78, 5) is 32.3. The van der Waals surface area contributed by atoms with E-state index in [2.05, 4.69) is 33.8 Å². The van der Waals surface area contributed by atoms with Crippen molar-refractivity contribution in [1.82, 2.24) is 19.7 Å². The van der Waals surface area contributed by atoms with Crippen molar-refractivity contribution in [3.05, 3.63) is 36.0 Å². The van der Waals surface area contributed by atoms with Crippen LogP contribution in [0.25, 0.3) is 10.9 Å². The van der Waals surface area contributed by atoms with Crippen LogP contribution in [0.5, 0.6) is 0 Å². The molecule has 2 unspecified atom stereocenters. The number of aromatic nitrogens is 1. The van der Waals surface area contributed by atoms with Crippen molar-refractivity contribution in [2.45, 2.75) is 102 Å². The van der Waals surface area contributed by atoms with Crippen LogP contribution in [0.2, 0.25) is 0 Å². The van der Waals surface area contributed by atoms with Crippen molar-refractivity contribution in [2.75, 3.05) is 19.6 Å². The van der Waals surface area contributed by atoms with Gasteiger partial charge in [0.1, 0.15) is 11.2 Å². The summed E-state index contributed by atoms with van der Waals surface area (Å²) in [5.74, 6) is -0.00924. The van der Waals surface area contributed by atoms with Crippen molar-refractivity contribution in [3.63, 3.8) is 0 Å². The Morgan fingerprint density at radius 1 is 1.06 bits per heavy atom. The van der Waals surface area contributed by atoms with Gasteiger partial charge in [-0.3, -0.25) is 9.59 Å². The average Bonchev–Trinajstić information content (AvgIpc) is 3.25. The van der Waals surface area contributed by atoms with Crippen molar-refractivity contribution >= 4 is 22.7 Å². The quantitative estimate of drug-likeness (QED) is 0.612. The lowest BCUT2D eigenvalue weighted by Gasteiger charge is -2.45. The highest BCUT2D eigenvalue weighted by Gasteiger charge is 2.48. The first kappa shape index (κ1) is 24.4. The van der Waals surface area contributed by atoms with Crippen LogP contribution in [0.3, 0.4) is 0 Å². The molecule has 0 bridgehead atoms. The van der Waals surface area contributed by atoms with E-state index < -0.39 is 5.54 Å². The van der Waals surface area contributed by atoms with Crippen LogP contribution in [0, 0.1) is 0 Å². The van der Waals surface area contributed by atoms with Crippen molar-refractivity contribution in [3.8, 4) is 0 Å². The number of likely N-dealkylation sites (tertiary alicyclic amines) is 1. The molecule has 35 heavy (non-hydrogen) atoms. The zero-order chi connectivity index (χ0) is 24.4. The summed E-state index contributed by atoms with van der Waals surface area (Å²) in [5.41, 5.74) is 0.847. The maximum Gasteiger partial charge on any atom is 0.271 e. The Morgan fingerprint density at radius 2 is 1.83 bits per heavy atom. The van der Waals surface area contributed by atoms with Crippen molar-refractivity contribution < 1.29 is 9.59 Å². The minimum atomic E-state index is -0.893. The molecule has 6 nitrogen and oxygen atoms in total. The lowest BCUT2D eigenvalue weighted by molar-refractivity contribution is -0.133. The van der Waals surface area contributed by atoms with E-state index in [4.69, 9.17) is 0 Å². The Bertz CT molecular complexity index is 1060. The van der Waals surface area contributed by atoms with E-state index in [0.29, 0.717) is 24.8 Å². The first-order chi connectivity index (χ1) is 17.0. The van der Waals surface area contributed by atoms with E-state index in [1.165, 1.54) is 44.9 Å². The third kappa shape index (κ3) is 4.74. The number of hydrogen-bond acceptors (Lipinski definition) is 3. The molecule has 2 fully saturated rings. The molecule has 6 heteroatoms. The molecule has 2 atom stereocenters. The Kier molecular flexibility index (Phi) is 7.19. The summed E-state index contributed by atoms with van der Waals surface area (Å²) in [5, 5.41) is 4.41. The number of nitrogens with zero attached hydrogens (tertiary/aromatic N) is 3. The average molecular weight is 479 g/mol. The SMILES string of the molecule is CCC1CCCCN1CCCN1C(=O)c2cc3ccccc3n2CC1(C)C(=O)NC1CCCCC1. The third-order valence-corrected chi connectivity index (χ3v) is 8.81. The number of amides is 2. The third-order valence-electron chi connectivity index (χ3n) is 8.81. The van der Waals surface area contributed by atoms with Gasteiger partial charge in [0.2, 0.25) is 5.91 Å². The van der Waals surface area contributed by atoms with E-state index >= 15 is 0 Å². The molecule has 2 aliphatic heterocycles. The van der Waals surface area contributed by atoms with Crippen LogP contribution >= 0.6 is 0 Å². The summed E-state index contributed by atoms with van der Waals surface area (Å²) in [6, 6.07) is 11.0. The minimum Gasteiger partial charge on any atom is -0.351 e. The van der Waals surface area contributed by atoms with Gasteiger partial charge in [0.15, 0.2) is 0 Å². The number of nitrogens with one attached hydrogen (secondary N) is 1. The van der Waals surface area contributed by atoms with Gasteiger partial charge < -0.3 is 19.7 Å². The van der Waals surface area contributed by atoms with Crippen LogP contribution in [0.15, 0.2) is 30.3 Å². The summed E-state index contributed by atoms with van der Waals surface area (Å²) in [6.45, 7) is 7.52. The smallest absolute Gasteiger partial charge is 0.271 e. The molecular formula is C29H42N4O2. The molecule has 1 aliphatic carbocycles. The van der Waals surface area contributed by atoms with E-state index in [1.54, 1.807) is 0 Å². The highest BCUT2D eigenvalue weighted by molar-refractivity contribution is 6.03. The van der Waals surface area contributed by atoms with Gasteiger partial charge in [0.05, 0.1) is 6.54 Å². The monoisotopic (exact) mass is 478 g/mol. The fourth-order valence-electron chi connectivity index (χ4n) is 6.69. The van der Waals surface area contributed by atoms with Gasteiger partial charge in [-0.05, 0) is 64.1 Å². The van der Waals surface area contributed by atoms with Crippen LogP contribution < -0.4 is 5.32 Å². The topological polar surface area (TPSA) is 57.6 Å². The second-order valence-electron chi connectivity index (χ2n) is 11.2. The van der Waals surface area contributed by atoms with E-state index in [9.17, 15) is 9.59 Å². The molecule has 2 aromatic rings. The lowest BCUT2D eigenvalue weighted by atomic mass is 9.91. The summed E-state index contributed by atoms with van der Waals surface area (Å²) in [7, 11) is 0. The van der Waals surface area contributed by atoms with Gasteiger partial charge in [-0.1, -0.05) is 50.8 Å². The number of piperidine rings is 1. The van der Waals surface area contributed by atoms with Gasteiger partial charge in [-0.15, -0.1) is 0 Å². The number of fused-ring (bicyclic) bond motifs is 3. The Labute approximate surface area is 210 Å². The lowest BCUT2D eigenvalue weighted by Crippen LogP contribution is -2.65. The molecule has 0 spiro atoms. The number of para-hydroxylation sites is 1. The molecular weight excluding hydrogens is 436 g/mol. The van der Waals surface area contributed by atoms with E-state index in [0.717, 1.165) is 43.3 Å². The zero-order valence-electron chi connectivity index (χ0n) is 21.6. The molecule has 190 valence electrons. The summed E-state index contributed by atoms with van der Waals surface area (Å²) < 4.78 is 2.08. The number of carbonyl (C=O) groups excluding carboxylic acids is 2. The van der Waals surface area contributed by atoms with E-state index in [-0.39, 0.29) is 17.9 Å². The molecule has 3 heterocycles. The van der Waals surface area contributed by atoms with Gasteiger partial charge in [-0.2, -0.15) is 0 Å². The molecule has 3 aliphatic rings. The minimum absolute atomic E-state index is 0.00517. The molecule has 1 aromatic heterocycles. The molecule has 1 saturated carbocycles. The largest absolute Gasteiger partial charge is 0.351 e. The van der Waals surface area contributed by atoms with Crippen LogP contribution in [-0.2, 0) is 11.3 Å². The number of carbonyl (C=O) groups is 2. The number of hydrogen-bond donors (Lipinski definition) is 1. The molecule has 1 N–H and O–H groups in total. The van der Waals surface area contributed by atoms with Crippen LogP contribution in [0.1, 0.15) is 88.5 Å². The fourth-order valence-corrected chi connectivity index (χ4v) is 6.69. The number of benzene rings is 1. The number of rotatable bonds is 7. The summed E-state index contributed by atoms with van der Waals surface area (Å²) in [6.07, 6.45) is 11.6. The Morgan fingerprint density at radius 3 is 2.63 bits per heavy atom. The first-order valence-corrected chi connectivity index (χ1v) is 14.0. The maximum absolute atomic E-state index is 13.9. The molecule has 2 amide bonds. The first-order valence-electron chi connectivity index (χ1n) is 14.0. The van der Waals surface area contributed by atoms with Crippen molar-refractivity contribution in [2.24, 2.45) is 0 Å². The molecule has 1 aromatic carbocycles. The molecule has 1 saturated heterocycles. The fraction of sp³-hybridized carbons (Fsp3) is 0.655. The Hall–Kier alpha value is -2.34. The maximum atomic E-state index is 13.9. The normalized spacial score (nSPS) is 26.2. The predicted octanol–water partition coefficient (Wildman–Crippen LogP) is 4.96. The standard InChI is InChI=1S/C29H42N4O2/c1-3-24-15-9-10-17-31(24)18-11-19-33-27(34)26-20-22-12-7-8-16-25(22)32(26)21-29(33,2)28(35)30-23-13-5-4-6-14-23/h7-8,12,16,20,23-24H,3-6,9-11,13-15,17-19,21H2,1-2H3,(H,30,35). The second kappa shape index (κ2) is 10.3. The highest BCUT2D eigenvalue weighted by atomic mass is 16.2. The van der Waals surface area contributed by atoms with Gasteiger partial charge in [-0.25, -0.2) is 0 Å². The molecule has 5 rings (SSSR count). The predicted molar refractivity (Wildman–Crippen MR) is 141 cm³/mol. The van der Waals surface area contributed by atoms with Crippen molar-refractivity contribution in [1.29, 1.82) is 0 Å². The van der Waals surface area contributed by atoms with E-state index in [1.807, 2.05) is 30.0 Å². The van der Waals surface area contributed by atoms with Gasteiger partial charge in [0, 0.05) is 36.1 Å². The van der Waals surface area contributed by atoms with Gasteiger partial charge >= 0.3 is 0 Å². The Balaban J connectivity index is 1.39. The molecule has 0 radical (unpaired) electrons. The van der Waals surface area contributed by atoms with Gasteiger partial charge in [0.25, 0.3) is 5.91 Å². The zero-order valence-corrected chi connectivity index (χ0v) is 21.6. The van der Waals surface area contributed by atoms with Crippen LogP contribution in [0.4, 0.5) is 0 Å². The second-order valence-corrected chi connectivity index (χ2v) is 11.2.